The first-order valence-electron chi connectivity index (χ1n) is 8.97. The summed E-state index contributed by atoms with van der Waals surface area (Å²) in [5.41, 5.74) is 0.407. The number of benzene rings is 2. The van der Waals surface area contributed by atoms with Crippen molar-refractivity contribution in [3.63, 3.8) is 0 Å². The topological polar surface area (TPSA) is 96.8 Å². The molecule has 32 heavy (non-hydrogen) atoms. The predicted octanol–water partition coefficient (Wildman–Crippen LogP) is 4.43. The number of aliphatic carboxylic acids is 1. The first-order chi connectivity index (χ1) is 14.9. The molecule has 0 aliphatic carbocycles. The van der Waals surface area contributed by atoms with Crippen molar-refractivity contribution in [1.29, 1.82) is 0 Å². The van der Waals surface area contributed by atoms with E-state index in [-0.39, 0.29) is 15.8 Å². The molecule has 1 N–H and O–H groups in total. The van der Waals surface area contributed by atoms with Crippen molar-refractivity contribution in [3.8, 4) is 17.0 Å². The van der Waals surface area contributed by atoms with E-state index in [1.165, 1.54) is 37.4 Å². The lowest BCUT2D eigenvalue weighted by Crippen LogP contribution is -2.26. The summed E-state index contributed by atoms with van der Waals surface area (Å²) in [7, 11) is -2.68. The second kappa shape index (κ2) is 8.79. The van der Waals surface area contributed by atoms with Gasteiger partial charge in [-0.1, -0.05) is 12.1 Å². The van der Waals surface area contributed by atoms with Gasteiger partial charge in [0.2, 0.25) is 0 Å². The Morgan fingerprint density at radius 1 is 1.19 bits per heavy atom. The second-order valence-electron chi connectivity index (χ2n) is 6.67. The van der Waals surface area contributed by atoms with E-state index < -0.39 is 34.3 Å². The fraction of sp³-hybridized carbons (Fsp3) is 0.200. The highest BCUT2D eigenvalue weighted by atomic mass is 32.2. The molecule has 7 nitrogen and oxygen atoms in total. The van der Waals surface area contributed by atoms with Crippen LogP contribution >= 0.6 is 11.3 Å². The van der Waals surface area contributed by atoms with Gasteiger partial charge in [0, 0.05) is 18.0 Å². The SMILES string of the molecule is Cc1cc(S(=O)(=O)N(C)c2nc(-c3ccc(C(F)(F)F)cc3)cs2)ccc1OCC(=O)O. The first kappa shape index (κ1) is 23.5. The van der Waals surface area contributed by atoms with Crippen LogP contribution in [0.15, 0.2) is 52.7 Å². The van der Waals surface area contributed by atoms with Gasteiger partial charge >= 0.3 is 12.1 Å². The molecule has 0 saturated carbocycles. The number of halogens is 3. The summed E-state index contributed by atoms with van der Waals surface area (Å²) in [5.74, 6) is -0.915. The monoisotopic (exact) mass is 486 g/mol. The number of carboxylic acids is 1. The van der Waals surface area contributed by atoms with Gasteiger partial charge < -0.3 is 9.84 Å². The van der Waals surface area contributed by atoms with Gasteiger partial charge in [-0.15, -0.1) is 11.3 Å². The maximum atomic E-state index is 13.0. The molecule has 1 aromatic heterocycles. The molecule has 0 saturated heterocycles. The fourth-order valence-electron chi connectivity index (χ4n) is 2.72. The van der Waals surface area contributed by atoms with Crippen LogP contribution in [0.4, 0.5) is 18.3 Å². The van der Waals surface area contributed by atoms with Gasteiger partial charge in [0.05, 0.1) is 16.2 Å². The number of aromatic nitrogens is 1. The summed E-state index contributed by atoms with van der Waals surface area (Å²) in [6, 6.07) is 8.43. The molecule has 0 bridgehead atoms. The molecule has 3 aromatic rings. The van der Waals surface area contributed by atoms with Crippen LogP contribution < -0.4 is 9.04 Å². The Bertz CT molecular complexity index is 1240. The molecule has 12 heteroatoms. The van der Waals surface area contributed by atoms with Crippen molar-refractivity contribution >= 4 is 32.5 Å². The number of thiazole rings is 1. The maximum Gasteiger partial charge on any atom is 0.416 e. The van der Waals surface area contributed by atoms with Gasteiger partial charge in [-0.2, -0.15) is 13.2 Å². The minimum Gasteiger partial charge on any atom is -0.482 e. The highest BCUT2D eigenvalue weighted by molar-refractivity contribution is 7.93. The molecular weight excluding hydrogens is 469 g/mol. The zero-order valence-corrected chi connectivity index (χ0v) is 18.4. The van der Waals surface area contributed by atoms with Crippen molar-refractivity contribution in [2.45, 2.75) is 18.0 Å². The molecule has 2 aromatic carbocycles. The van der Waals surface area contributed by atoms with Crippen molar-refractivity contribution in [2.24, 2.45) is 0 Å². The first-order valence-corrected chi connectivity index (χ1v) is 11.3. The van der Waals surface area contributed by atoms with Gasteiger partial charge in [-0.3, -0.25) is 0 Å². The number of rotatable bonds is 7. The maximum absolute atomic E-state index is 13.0. The number of hydrogen-bond acceptors (Lipinski definition) is 6. The van der Waals surface area contributed by atoms with E-state index in [4.69, 9.17) is 9.84 Å². The standard InChI is InChI=1S/C20H17F3N2O5S2/c1-12-9-15(7-8-17(12)30-10-18(26)27)32(28,29)25(2)19-24-16(11-31-19)13-3-5-14(6-4-13)20(21,22)23/h3-9,11H,10H2,1-2H3,(H,26,27). The smallest absolute Gasteiger partial charge is 0.416 e. The molecular formula is C20H17F3N2O5S2. The third-order valence-corrected chi connectivity index (χ3v) is 7.20. The van der Waals surface area contributed by atoms with Crippen LogP contribution in [-0.4, -0.2) is 38.1 Å². The van der Waals surface area contributed by atoms with Crippen LogP contribution in [0.5, 0.6) is 5.75 Å². The van der Waals surface area contributed by atoms with Gasteiger partial charge in [0.25, 0.3) is 10.0 Å². The van der Waals surface area contributed by atoms with Gasteiger partial charge in [0.1, 0.15) is 5.75 Å². The second-order valence-corrected chi connectivity index (χ2v) is 9.48. The molecule has 0 spiro atoms. The zero-order chi connectivity index (χ0) is 23.7. The molecule has 0 fully saturated rings. The Hall–Kier alpha value is -3.12. The van der Waals surface area contributed by atoms with E-state index in [0.717, 1.165) is 27.8 Å². The Morgan fingerprint density at radius 3 is 2.41 bits per heavy atom. The molecule has 0 aliphatic rings. The van der Waals surface area contributed by atoms with Crippen molar-refractivity contribution in [1.82, 2.24) is 4.98 Å². The number of carbonyl (C=O) groups is 1. The number of hydrogen-bond donors (Lipinski definition) is 1. The van der Waals surface area contributed by atoms with Crippen LogP contribution in [0.2, 0.25) is 0 Å². The highest BCUT2D eigenvalue weighted by Gasteiger charge is 2.30. The van der Waals surface area contributed by atoms with Gasteiger partial charge in [-0.05, 0) is 42.8 Å². The Morgan fingerprint density at radius 2 is 1.84 bits per heavy atom. The van der Waals surface area contributed by atoms with E-state index in [1.807, 2.05) is 0 Å². The molecule has 0 amide bonds. The number of aryl methyl sites for hydroxylation is 1. The third kappa shape index (κ3) is 5.02. The van der Waals surface area contributed by atoms with E-state index in [9.17, 15) is 26.4 Å². The summed E-state index contributed by atoms with van der Waals surface area (Å²) in [4.78, 5) is 14.8. The number of carboxylic acid groups (broad SMARTS) is 1. The summed E-state index contributed by atoms with van der Waals surface area (Å²) in [6.07, 6.45) is -4.45. The van der Waals surface area contributed by atoms with E-state index in [2.05, 4.69) is 4.98 Å². The molecule has 170 valence electrons. The molecule has 0 radical (unpaired) electrons. The number of nitrogens with zero attached hydrogens (tertiary/aromatic N) is 2. The predicted molar refractivity (Wildman–Crippen MR) is 112 cm³/mol. The molecule has 0 unspecified atom stereocenters. The van der Waals surface area contributed by atoms with E-state index in [1.54, 1.807) is 12.3 Å². The Balaban J connectivity index is 1.83. The van der Waals surface area contributed by atoms with Gasteiger partial charge in [-0.25, -0.2) is 22.5 Å². The minimum absolute atomic E-state index is 0.0496. The van der Waals surface area contributed by atoms with Crippen molar-refractivity contribution in [2.75, 3.05) is 18.0 Å². The largest absolute Gasteiger partial charge is 0.482 e. The third-order valence-electron chi connectivity index (χ3n) is 4.43. The van der Waals surface area contributed by atoms with E-state index >= 15 is 0 Å². The Labute approximate surface area is 185 Å². The molecule has 0 aliphatic heterocycles. The van der Waals surface area contributed by atoms with Gasteiger partial charge in [0.15, 0.2) is 11.7 Å². The molecule has 3 rings (SSSR count). The zero-order valence-electron chi connectivity index (χ0n) is 16.8. The van der Waals surface area contributed by atoms with E-state index in [0.29, 0.717) is 16.8 Å². The summed E-state index contributed by atoms with van der Waals surface area (Å²) >= 11 is 1.03. The lowest BCUT2D eigenvalue weighted by molar-refractivity contribution is -0.139. The van der Waals surface area contributed by atoms with Crippen molar-refractivity contribution < 1.29 is 36.2 Å². The number of anilines is 1. The number of alkyl halides is 3. The lowest BCUT2D eigenvalue weighted by Gasteiger charge is -2.17. The quantitative estimate of drug-likeness (QED) is 0.531. The average Bonchev–Trinajstić information content (AvgIpc) is 3.21. The fourth-order valence-corrected chi connectivity index (χ4v) is 4.97. The number of ether oxygens (including phenoxy) is 1. The van der Waals surface area contributed by atoms with Crippen LogP contribution in [0.3, 0.4) is 0 Å². The van der Waals surface area contributed by atoms with Crippen LogP contribution in [-0.2, 0) is 21.0 Å². The summed E-state index contributed by atoms with van der Waals surface area (Å²) in [6.45, 7) is 1.03. The average molecular weight is 486 g/mol. The Kier molecular flexibility index (Phi) is 6.46. The van der Waals surface area contributed by atoms with Crippen molar-refractivity contribution in [3.05, 3.63) is 59.0 Å². The summed E-state index contributed by atoms with van der Waals surface area (Å²) < 4.78 is 70.3. The summed E-state index contributed by atoms with van der Waals surface area (Å²) in [5, 5.41) is 10.4. The highest BCUT2D eigenvalue weighted by Crippen LogP contribution is 2.34. The molecule has 0 atom stereocenters. The van der Waals surface area contributed by atoms with Crippen LogP contribution in [0, 0.1) is 6.92 Å². The number of sulfonamides is 1. The molecule has 1 heterocycles. The lowest BCUT2D eigenvalue weighted by atomic mass is 10.1. The van der Waals surface area contributed by atoms with Crippen LogP contribution in [0.1, 0.15) is 11.1 Å². The van der Waals surface area contributed by atoms with Crippen LogP contribution in [0.25, 0.3) is 11.3 Å². The minimum atomic E-state index is -4.45. The normalized spacial score (nSPS) is 11.9.